The van der Waals surface area contributed by atoms with Crippen LogP contribution in [0.5, 0.6) is 0 Å². The Morgan fingerprint density at radius 3 is 1.70 bits per heavy atom. The Balaban J connectivity index is 1.29. The molecule has 238 valence electrons. The summed E-state index contributed by atoms with van der Waals surface area (Å²) < 4.78 is 2.37. The summed E-state index contributed by atoms with van der Waals surface area (Å²) in [5.41, 5.74) is 11.1. The van der Waals surface area contributed by atoms with Gasteiger partial charge < -0.3 is 9.47 Å². The van der Waals surface area contributed by atoms with Gasteiger partial charge in [0.05, 0.1) is 16.7 Å². The van der Waals surface area contributed by atoms with E-state index < -0.39 is 0 Å². The van der Waals surface area contributed by atoms with Gasteiger partial charge in [0.25, 0.3) is 0 Å². The topological polar surface area (TPSA) is 8.17 Å². The van der Waals surface area contributed by atoms with E-state index in [1.54, 1.807) is 6.07 Å². The molecular weight excluding hydrogens is 651 g/mol. The molecule has 2 nitrogen and oxygen atoms in total. The molecule has 0 aliphatic rings. The quantitative estimate of drug-likeness (QED) is 0.170. The smallest absolute Gasteiger partial charge is 0.0561 e. The maximum Gasteiger partial charge on any atom is 0.0561 e. The molecule has 4 heteroatoms. The van der Waals surface area contributed by atoms with Crippen LogP contribution in [0.2, 0.25) is 10.0 Å². The Hall–Kier alpha value is -5.80. The lowest BCUT2D eigenvalue weighted by atomic mass is 9.96. The van der Waals surface area contributed by atoms with E-state index in [-0.39, 0.29) is 0 Å². The molecule has 0 bridgehead atoms. The van der Waals surface area contributed by atoms with Gasteiger partial charge in [0.15, 0.2) is 0 Å². The van der Waals surface area contributed by atoms with Crippen LogP contribution >= 0.6 is 23.2 Å². The van der Waals surface area contributed by atoms with Crippen LogP contribution in [0.4, 0.5) is 17.1 Å². The number of nitrogens with zero attached hydrogens (tertiary/aromatic N) is 2. The second-order valence-corrected chi connectivity index (χ2v) is 13.3. The van der Waals surface area contributed by atoms with Crippen LogP contribution in [0, 0.1) is 0 Å². The average Bonchev–Trinajstić information content (AvgIpc) is 3.49. The molecule has 1 aromatic heterocycles. The molecule has 9 rings (SSSR count). The first-order chi connectivity index (χ1) is 24.6. The molecule has 0 fully saturated rings. The minimum atomic E-state index is 0.614. The second kappa shape index (κ2) is 12.6. The van der Waals surface area contributed by atoms with Crippen LogP contribution in [0.25, 0.3) is 60.5 Å². The van der Waals surface area contributed by atoms with Gasteiger partial charge in [-0.2, -0.15) is 0 Å². The number of rotatable bonds is 6. The van der Waals surface area contributed by atoms with Crippen molar-refractivity contribution in [1.29, 1.82) is 0 Å². The van der Waals surface area contributed by atoms with E-state index in [2.05, 4.69) is 173 Å². The number of hydrogen-bond acceptors (Lipinski definition) is 1. The maximum absolute atomic E-state index is 6.49. The molecular formula is C46H30Cl2N2. The molecule has 0 N–H and O–H groups in total. The lowest BCUT2D eigenvalue weighted by Crippen LogP contribution is -2.11. The first-order valence-electron chi connectivity index (χ1n) is 16.6. The third-order valence-electron chi connectivity index (χ3n) is 9.48. The second-order valence-electron chi connectivity index (χ2n) is 12.5. The number of halogens is 2. The zero-order valence-electron chi connectivity index (χ0n) is 27.0. The van der Waals surface area contributed by atoms with E-state index in [1.807, 2.05) is 12.1 Å². The Labute approximate surface area is 301 Å². The summed E-state index contributed by atoms with van der Waals surface area (Å²) in [6.45, 7) is 0. The fraction of sp³-hybridized carbons (Fsp3) is 0. The predicted molar refractivity (Wildman–Crippen MR) is 214 cm³/mol. The largest absolute Gasteiger partial charge is 0.310 e. The lowest BCUT2D eigenvalue weighted by molar-refractivity contribution is 1.18. The van der Waals surface area contributed by atoms with Crippen molar-refractivity contribution in [2.75, 3.05) is 4.90 Å². The molecule has 0 aliphatic heterocycles. The summed E-state index contributed by atoms with van der Waals surface area (Å²) in [5, 5.41) is 5.91. The highest BCUT2D eigenvalue weighted by atomic mass is 35.5. The summed E-state index contributed by atoms with van der Waals surface area (Å²) in [5.74, 6) is 0. The first kappa shape index (κ1) is 30.3. The first-order valence-corrected chi connectivity index (χ1v) is 17.4. The SMILES string of the molecule is Clc1cc(Cl)cc(-c2ccc(N(c3ccc(-c4ccccc4)cc3)c3ccc4c5ccccc5n(-c5ccccc5)c4c3)c3ccccc23)c1. The zero-order valence-corrected chi connectivity index (χ0v) is 28.5. The molecule has 0 saturated carbocycles. The number of benzene rings is 8. The molecule has 8 aromatic carbocycles. The third-order valence-corrected chi connectivity index (χ3v) is 9.91. The molecule has 50 heavy (non-hydrogen) atoms. The molecule has 0 amide bonds. The molecule has 0 unspecified atom stereocenters. The number of para-hydroxylation sites is 2. The number of fused-ring (bicyclic) bond motifs is 4. The maximum atomic E-state index is 6.49. The van der Waals surface area contributed by atoms with Gasteiger partial charge in [-0.1, -0.05) is 138 Å². The summed E-state index contributed by atoms with van der Waals surface area (Å²) in [4.78, 5) is 2.37. The van der Waals surface area contributed by atoms with Crippen LogP contribution in [0.1, 0.15) is 0 Å². The monoisotopic (exact) mass is 680 g/mol. The van der Waals surface area contributed by atoms with Gasteiger partial charge in [0, 0.05) is 43.3 Å². The zero-order chi connectivity index (χ0) is 33.6. The van der Waals surface area contributed by atoms with Gasteiger partial charge in [-0.3, -0.25) is 0 Å². The summed E-state index contributed by atoms with van der Waals surface area (Å²) in [6.07, 6.45) is 0. The van der Waals surface area contributed by atoms with Crippen molar-refractivity contribution >= 4 is 72.8 Å². The van der Waals surface area contributed by atoms with Crippen LogP contribution in [-0.2, 0) is 0 Å². The molecule has 9 aromatic rings. The summed E-state index contributed by atoms with van der Waals surface area (Å²) >= 11 is 13.0. The van der Waals surface area contributed by atoms with Crippen LogP contribution in [-0.4, -0.2) is 4.57 Å². The van der Waals surface area contributed by atoms with E-state index >= 15 is 0 Å². The number of hydrogen-bond donors (Lipinski definition) is 0. The van der Waals surface area contributed by atoms with Crippen molar-refractivity contribution in [1.82, 2.24) is 4.57 Å². The molecule has 0 radical (unpaired) electrons. The van der Waals surface area contributed by atoms with Crippen molar-refractivity contribution in [3.8, 4) is 27.9 Å². The Morgan fingerprint density at radius 1 is 0.380 bits per heavy atom. The van der Waals surface area contributed by atoms with Gasteiger partial charge in [-0.05, 0) is 94.4 Å². The van der Waals surface area contributed by atoms with Gasteiger partial charge in [-0.25, -0.2) is 0 Å². The van der Waals surface area contributed by atoms with E-state index in [1.165, 1.54) is 27.4 Å². The van der Waals surface area contributed by atoms with Crippen LogP contribution in [0.3, 0.4) is 0 Å². The standard InChI is InChI=1S/C46H30Cl2N2/c47-34-27-33(28-35(48)29-34)39-25-26-45(41-16-8-7-15-40(39)41)49(37-21-19-32(20-22-37)31-11-3-1-4-12-31)38-23-24-43-42-17-9-10-18-44(42)50(46(43)30-38)36-13-5-2-6-14-36/h1-30H. The van der Waals surface area contributed by atoms with Gasteiger partial charge in [0.2, 0.25) is 0 Å². The fourth-order valence-electron chi connectivity index (χ4n) is 7.25. The number of aromatic nitrogens is 1. The highest BCUT2D eigenvalue weighted by Crippen LogP contribution is 2.44. The van der Waals surface area contributed by atoms with Gasteiger partial charge in [-0.15, -0.1) is 0 Å². The Bertz CT molecular complexity index is 2640. The summed E-state index contributed by atoms with van der Waals surface area (Å²) in [6, 6.07) is 64.2. The summed E-state index contributed by atoms with van der Waals surface area (Å²) in [7, 11) is 0. The van der Waals surface area contributed by atoms with E-state index in [0.717, 1.165) is 50.2 Å². The van der Waals surface area contributed by atoms with Crippen molar-refractivity contribution in [3.63, 3.8) is 0 Å². The Morgan fingerprint density at radius 2 is 0.960 bits per heavy atom. The minimum absolute atomic E-state index is 0.614. The molecule has 0 spiro atoms. The third kappa shape index (κ3) is 5.31. The van der Waals surface area contributed by atoms with Crippen molar-refractivity contribution in [3.05, 3.63) is 192 Å². The van der Waals surface area contributed by atoms with E-state index in [4.69, 9.17) is 23.2 Å². The molecule has 1 heterocycles. The van der Waals surface area contributed by atoms with Crippen molar-refractivity contribution in [2.45, 2.75) is 0 Å². The Kier molecular flexibility index (Phi) is 7.62. The van der Waals surface area contributed by atoms with Gasteiger partial charge in [0.1, 0.15) is 0 Å². The number of anilines is 3. The van der Waals surface area contributed by atoms with Crippen LogP contribution in [0.15, 0.2) is 182 Å². The molecule has 0 saturated heterocycles. The highest BCUT2D eigenvalue weighted by Gasteiger charge is 2.20. The lowest BCUT2D eigenvalue weighted by Gasteiger charge is -2.28. The highest BCUT2D eigenvalue weighted by molar-refractivity contribution is 6.35. The molecule has 0 atom stereocenters. The van der Waals surface area contributed by atoms with Crippen LogP contribution < -0.4 is 4.90 Å². The fourth-order valence-corrected chi connectivity index (χ4v) is 7.78. The minimum Gasteiger partial charge on any atom is -0.310 e. The molecule has 0 aliphatic carbocycles. The predicted octanol–water partition coefficient (Wildman–Crippen LogP) is 14.0. The normalized spacial score (nSPS) is 11.4. The van der Waals surface area contributed by atoms with Gasteiger partial charge >= 0.3 is 0 Å². The van der Waals surface area contributed by atoms with Crippen molar-refractivity contribution < 1.29 is 0 Å². The van der Waals surface area contributed by atoms with Crippen molar-refractivity contribution in [2.24, 2.45) is 0 Å². The van der Waals surface area contributed by atoms with E-state index in [0.29, 0.717) is 10.0 Å². The average molecular weight is 682 g/mol. The van der Waals surface area contributed by atoms with E-state index in [9.17, 15) is 0 Å².